The lowest BCUT2D eigenvalue weighted by atomic mass is 9.83. The molecule has 0 amide bonds. The molecule has 3 aliphatic heterocycles. The van der Waals surface area contributed by atoms with Crippen molar-refractivity contribution in [2.75, 3.05) is 39.4 Å². The first-order valence-corrected chi connectivity index (χ1v) is 14.0. The van der Waals surface area contributed by atoms with E-state index in [-0.39, 0.29) is 5.78 Å². The molecular formula is C30H36F3N3O2. The summed E-state index contributed by atoms with van der Waals surface area (Å²) in [7, 11) is 0. The van der Waals surface area contributed by atoms with Crippen LogP contribution in [0.4, 0.5) is 13.2 Å². The second-order valence-electron chi connectivity index (χ2n) is 11.7. The third-order valence-electron chi connectivity index (χ3n) is 9.20. The van der Waals surface area contributed by atoms with E-state index in [4.69, 9.17) is 9.72 Å². The molecular weight excluding hydrogens is 491 g/mol. The lowest BCUT2D eigenvalue weighted by Crippen LogP contribution is -2.36. The van der Waals surface area contributed by atoms with Gasteiger partial charge in [0.1, 0.15) is 5.78 Å². The van der Waals surface area contributed by atoms with Gasteiger partial charge in [-0.2, -0.15) is 13.2 Å². The average molecular weight is 528 g/mol. The molecule has 0 spiro atoms. The number of nitrogens with zero attached hydrogens (tertiary/aromatic N) is 3. The summed E-state index contributed by atoms with van der Waals surface area (Å²) in [6.07, 6.45) is 3.07. The van der Waals surface area contributed by atoms with Crippen molar-refractivity contribution in [3.05, 3.63) is 64.5 Å². The van der Waals surface area contributed by atoms with E-state index in [9.17, 15) is 18.0 Å². The number of carbonyl (C=O) groups excluding carboxylic acids is 1. The van der Waals surface area contributed by atoms with Gasteiger partial charge in [-0.15, -0.1) is 0 Å². The maximum absolute atomic E-state index is 13.3. The van der Waals surface area contributed by atoms with E-state index in [0.29, 0.717) is 61.8 Å². The molecule has 0 bridgehead atoms. The standard InChI is InChI=1S/C30H36F3N3O2/c31-30(32,33)26-6-5-20-7-10-35(15-24(20)13-26)18-28(37)14-25-17-36(27-8-11-38-19-27)16-23(25)12-22-4-3-21-2-1-9-34-29(21)22/h1-2,5-6,9,13,22-23,25,27H,3-4,7-8,10-12,14-19H2/t22?,23-,25?,27?/m0/s1. The van der Waals surface area contributed by atoms with Crippen LogP contribution in [0, 0.1) is 11.8 Å². The Kier molecular flexibility index (Phi) is 7.31. The van der Waals surface area contributed by atoms with Crippen LogP contribution in [0.3, 0.4) is 0 Å². The molecule has 2 aromatic rings. The molecule has 0 saturated carbocycles. The van der Waals surface area contributed by atoms with Crippen LogP contribution in [0.2, 0.25) is 0 Å². The topological polar surface area (TPSA) is 45.7 Å². The van der Waals surface area contributed by atoms with E-state index in [1.807, 2.05) is 17.2 Å². The van der Waals surface area contributed by atoms with Gasteiger partial charge in [0.05, 0.1) is 18.7 Å². The zero-order valence-corrected chi connectivity index (χ0v) is 21.8. The molecule has 2 saturated heterocycles. The summed E-state index contributed by atoms with van der Waals surface area (Å²) in [6, 6.07) is 8.66. The zero-order valence-electron chi connectivity index (χ0n) is 21.8. The quantitative estimate of drug-likeness (QED) is 0.514. The monoisotopic (exact) mass is 527 g/mol. The number of carbonyl (C=O) groups is 1. The Labute approximate surface area is 222 Å². The number of ketones is 1. The van der Waals surface area contributed by atoms with Crippen molar-refractivity contribution in [3.63, 3.8) is 0 Å². The van der Waals surface area contributed by atoms with Gasteiger partial charge in [-0.25, -0.2) is 0 Å². The Morgan fingerprint density at radius 3 is 2.74 bits per heavy atom. The Morgan fingerprint density at radius 1 is 1.05 bits per heavy atom. The van der Waals surface area contributed by atoms with Crippen molar-refractivity contribution in [2.45, 2.75) is 63.2 Å². The van der Waals surface area contributed by atoms with E-state index in [1.54, 1.807) is 6.07 Å². The van der Waals surface area contributed by atoms with Gasteiger partial charge in [-0.1, -0.05) is 12.1 Å². The van der Waals surface area contributed by atoms with Gasteiger partial charge >= 0.3 is 6.18 Å². The van der Waals surface area contributed by atoms with E-state index in [2.05, 4.69) is 11.0 Å². The molecule has 8 heteroatoms. The number of hydrogen-bond donors (Lipinski definition) is 0. The minimum absolute atomic E-state index is 0.199. The van der Waals surface area contributed by atoms with Crippen LogP contribution in [-0.4, -0.2) is 66.0 Å². The second kappa shape index (κ2) is 10.7. The largest absolute Gasteiger partial charge is 0.416 e. The van der Waals surface area contributed by atoms with Gasteiger partial charge in [0.15, 0.2) is 0 Å². The number of pyridine rings is 1. The number of alkyl halides is 3. The third kappa shape index (κ3) is 5.54. The molecule has 4 aliphatic rings. The van der Waals surface area contributed by atoms with Crippen LogP contribution >= 0.6 is 0 Å². The molecule has 1 aliphatic carbocycles. The molecule has 2 fully saturated rings. The number of ether oxygens (including phenoxy) is 1. The highest BCUT2D eigenvalue weighted by atomic mass is 19.4. The SMILES string of the molecule is O=C(CC1CN(C2CCOC2)C[C@@H]1CC1CCc2cccnc21)CN1CCc2ccc(C(F)(F)F)cc2C1. The first-order valence-electron chi connectivity index (χ1n) is 14.0. The second-order valence-corrected chi connectivity index (χ2v) is 11.7. The minimum atomic E-state index is -4.35. The molecule has 4 atom stereocenters. The first-order chi connectivity index (χ1) is 18.3. The van der Waals surface area contributed by atoms with Crippen LogP contribution in [0.25, 0.3) is 0 Å². The van der Waals surface area contributed by atoms with Crippen molar-refractivity contribution in [2.24, 2.45) is 11.8 Å². The van der Waals surface area contributed by atoms with Crippen LogP contribution in [0.15, 0.2) is 36.5 Å². The number of fused-ring (bicyclic) bond motifs is 2. The Morgan fingerprint density at radius 2 is 1.92 bits per heavy atom. The number of aryl methyl sites for hydroxylation is 1. The van der Waals surface area contributed by atoms with E-state index in [0.717, 1.165) is 57.6 Å². The number of hydrogen-bond acceptors (Lipinski definition) is 5. The third-order valence-corrected chi connectivity index (χ3v) is 9.20. The van der Waals surface area contributed by atoms with Gasteiger partial charge in [-0.3, -0.25) is 19.6 Å². The fourth-order valence-corrected chi connectivity index (χ4v) is 7.21. The number of benzene rings is 1. The van der Waals surface area contributed by atoms with Crippen LogP contribution in [0.1, 0.15) is 59.5 Å². The van der Waals surface area contributed by atoms with Gasteiger partial charge in [0, 0.05) is 63.1 Å². The fraction of sp³-hybridized carbons (Fsp3) is 0.600. The molecule has 3 unspecified atom stereocenters. The lowest BCUT2D eigenvalue weighted by molar-refractivity contribution is -0.137. The number of aromatic nitrogens is 1. The highest BCUT2D eigenvalue weighted by Gasteiger charge is 2.40. The van der Waals surface area contributed by atoms with Crippen LogP contribution in [-0.2, 0) is 35.1 Å². The highest BCUT2D eigenvalue weighted by Crippen LogP contribution is 2.41. The summed E-state index contributed by atoms with van der Waals surface area (Å²) in [5.74, 6) is 1.39. The minimum Gasteiger partial charge on any atom is -0.380 e. The summed E-state index contributed by atoms with van der Waals surface area (Å²) in [5, 5.41) is 0. The lowest BCUT2D eigenvalue weighted by Gasteiger charge is -2.29. The summed E-state index contributed by atoms with van der Waals surface area (Å²) in [6.45, 7) is 4.91. The maximum atomic E-state index is 13.3. The molecule has 6 rings (SSSR count). The molecule has 1 aromatic carbocycles. The summed E-state index contributed by atoms with van der Waals surface area (Å²) < 4.78 is 45.3. The Hall–Kier alpha value is -2.29. The molecule has 204 valence electrons. The number of Topliss-reactive ketones (excluding diaryl/α,β-unsaturated/α-hetero) is 1. The highest BCUT2D eigenvalue weighted by molar-refractivity contribution is 5.80. The molecule has 38 heavy (non-hydrogen) atoms. The Bertz CT molecular complexity index is 1160. The smallest absolute Gasteiger partial charge is 0.380 e. The molecule has 0 N–H and O–H groups in total. The molecule has 5 nitrogen and oxygen atoms in total. The first kappa shape index (κ1) is 26.0. The van der Waals surface area contributed by atoms with Gasteiger partial charge < -0.3 is 4.74 Å². The van der Waals surface area contributed by atoms with Crippen LogP contribution < -0.4 is 0 Å². The molecule has 0 radical (unpaired) electrons. The number of likely N-dealkylation sites (tertiary alicyclic amines) is 1. The van der Waals surface area contributed by atoms with E-state index in [1.165, 1.54) is 23.4 Å². The van der Waals surface area contributed by atoms with Crippen molar-refractivity contribution in [1.82, 2.24) is 14.8 Å². The molecule has 1 aromatic heterocycles. The van der Waals surface area contributed by atoms with E-state index < -0.39 is 11.7 Å². The van der Waals surface area contributed by atoms with Gasteiger partial charge in [-0.05, 0) is 78.8 Å². The Balaban J connectivity index is 1.11. The van der Waals surface area contributed by atoms with Crippen molar-refractivity contribution in [1.29, 1.82) is 0 Å². The normalized spacial score (nSPS) is 28.0. The van der Waals surface area contributed by atoms with Crippen molar-refractivity contribution in [3.8, 4) is 0 Å². The number of halogens is 3. The zero-order chi connectivity index (χ0) is 26.3. The molecule has 4 heterocycles. The van der Waals surface area contributed by atoms with Gasteiger partial charge in [0.2, 0.25) is 0 Å². The van der Waals surface area contributed by atoms with Crippen LogP contribution in [0.5, 0.6) is 0 Å². The predicted molar refractivity (Wildman–Crippen MR) is 138 cm³/mol. The summed E-state index contributed by atoms with van der Waals surface area (Å²) in [5.41, 5.74) is 3.64. The summed E-state index contributed by atoms with van der Waals surface area (Å²) in [4.78, 5) is 22.6. The predicted octanol–water partition coefficient (Wildman–Crippen LogP) is 4.87. The fourth-order valence-electron chi connectivity index (χ4n) is 7.21. The van der Waals surface area contributed by atoms with Crippen molar-refractivity contribution >= 4 is 5.78 Å². The van der Waals surface area contributed by atoms with E-state index >= 15 is 0 Å². The number of rotatable bonds is 7. The maximum Gasteiger partial charge on any atom is 0.416 e. The average Bonchev–Trinajstić information content (AvgIpc) is 3.64. The van der Waals surface area contributed by atoms with Gasteiger partial charge in [0.25, 0.3) is 0 Å². The summed E-state index contributed by atoms with van der Waals surface area (Å²) >= 11 is 0. The van der Waals surface area contributed by atoms with Crippen molar-refractivity contribution < 1.29 is 22.7 Å².